The summed E-state index contributed by atoms with van der Waals surface area (Å²) in [6.07, 6.45) is 3.32. The van der Waals surface area contributed by atoms with E-state index in [4.69, 9.17) is 4.74 Å². The molecular formula is C15H23NO2. The van der Waals surface area contributed by atoms with Gasteiger partial charge in [0.2, 0.25) is 0 Å². The molecule has 0 radical (unpaired) electrons. The Balaban J connectivity index is 1.94. The number of ether oxygens (including phenoxy) is 1. The highest BCUT2D eigenvalue weighted by Gasteiger charge is 2.29. The molecule has 0 heterocycles. The van der Waals surface area contributed by atoms with Crippen molar-refractivity contribution in [2.24, 2.45) is 0 Å². The molecule has 1 aliphatic rings. The lowest BCUT2D eigenvalue weighted by Crippen LogP contribution is -2.31. The molecule has 1 aromatic rings. The predicted molar refractivity (Wildman–Crippen MR) is 72.8 cm³/mol. The van der Waals surface area contributed by atoms with Crippen LogP contribution in [0.3, 0.4) is 0 Å². The fraction of sp³-hybridized carbons (Fsp3) is 0.600. The average molecular weight is 249 g/mol. The molecule has 3 heteroatoms. The molecule has 1 aliphatic carbocycles. The SMILES string of the molecule is CCCN(CC(O)c1ccc(OC)cc1)C1CC1. The van der Waals surface area contributed by atoms with Gasteiger partial charge in [0.25, 0.3) is 0 Å². The van der Waals surface area contributed by atoms with Crippen LogP contribution in [0.2, 0.25) is 0 Å². The van der Waals surface area contributed by atoms with Gasteiger partial charge in [0.15, 0.2) is 0 Å². The first-order valence-corrected chi connectivity index (χ1v) is 6.80. The van der Waals surface area contributed by atoms with Crippen LogP contribution >= 0.6 is 0 Å². The van der Waals surface area contributed by atoms with E-state index in [9.17, 15) is 5.11 Å². The van der Waals surface area contributed by atoms with Crippen LogP contribution in [0.15, 0.2) is 24.3 Å². The van der Waals surface area contributed by atoms with Crippen molar-refractivity contribution in [2.75, 3.05) is 20.2 Å². The van der Waals surface area contributed by atoms with Gasteiger partial charge in [-0.3, -0.25) is 4.90 Å². The van der Waals surface area contributed by atoms with Crippen molar-refractivity contribution in [3.8, 4) is 5.75 Å². The second kappa shape index (κ2) is 6.21. The maximum Gasteiger partial charge on any atom is 0.118 e. The van der Waals surface area contributed by atoms with Gasteiger partial charge in [-0.1, -0.05) is 19.1 Å². The Labute approximate surface area is 109 Å². The van der Waals surface area contributed by atoms with E-state index in [0.717, 1.165) is 30.8 Å². The van der Waals surface area contributed by atoms with Crippen LogP contribution < -0.4 is 4.74 Å². The predicted octanol–water partition coefficient (Wildman–Crippen LogP) is 2.60. The first-order chi connectivity index (χ1) is 8.74. The second-order valence-corrected chi connectivity index (χ2v) is 5.02. The lowest BCUT2D eigenvalue weighted by atomic mass is 10.1. The third-order valence-corrected chi connectivity index (χ3v) is 3.48. The number of aliphatic hydroxyl groups is 1. The molecule has 0 spiro atoms. The van der Waals surface area contributed by atoms with Crippen molar-refractivity contribution >= 4 is 0 Å². The maximum absolute atomic E-state index is 10.3. The van der Waals surface area contributed by atoms with E-state index in [2.05, 4.69) is 11.8 Å². The van der Waals surface area contributed by atoms with Crippen molar-refractivity contribution in [2.45, 2.75) is 38.3 Å². The molecule has 1 unspecified atom stereocenters. The average Bonchev–Trinajstić information content (AvgIpc) is 3.22. The molecule has 1 N–H and O–H groups in total. The molecular weight excluding hydrogens is 226 g/mol. The zero-order valence-electron chi connectivity index (χ0n) is 11.3. The molecule has 1 atom stereocenters. The molecule has 0 aromatic heterocycles. The molecule has 3 nitrogen and oxygen atoms in total. The van der Waals surface area contributed by atoms with Crippen LogP contribution in [0.1, 0.15) is 37.9 Å². The Kier molecular flexibility index (Phi) is 4.61. The Morgan fingerprint density at radius 2 is 2.00 bits per heavy atom. The van der Waals surface area contributed by atoms with Crippen LogP contribution in [0, 0.1) is 0 Å². The van der Waals surface area contributed by atoms with E-state index in [-0.39, 0.29) is 0 Å². The van der Waals surface area contributed by atoms with Gasteiger partial charge in [-0.2, -0.15) is 0 Å². The largest absolute Gasteiger partial charge is 0.497 e. The highest BCUT2D eigenvalue weighted by molar-refractivity contribution is 5.28. The summed E-state index contributed by atoms with van der Waals surface area (Å²) in [5, 5.41) is 10.3. The first kappa shape index (κ1) is 13.4. The lowest BCUT2D eigenvalue weighted by Gasteiger charge is -2.24. The fourth-order valence-corrected chi connectivity index (χ4v) is 2.30. The number of benzene rings is 1. The minimum atomic E-state index is -0.400. The second-order valence-electron chi connectivity index (χ2n) is 5.02. The number of hydrogen-bond donors (Lipinski definition) is 1. The summed E-state index contributed by atoms with van der Waals surface area (Å²) in [4.78, 5) is 2.41. The Hall–Kier alpha value is -1.06. The summed E-state index contributed by atoms with van der Waals surface area (Å²) in [7, 11) is 1.65. The van der Waals surface area contributed by atoms with Gasteiger partial charge in [0, 0.05) is 12.6 Å². The Morgan fingerprint density at radius 1 is 1.33 bits per heavy atom. The van der Waals surface area contributed by atoms with Gasteiger partial charge in [0.05, 0.1) is 13.2 Å². The third-order valence-electron chi connectivity index (χ3n) is 3.48. The van der Waals surface area contributed by atoms with Gasteiger partial charge >= 0.3 is 0 Å². The summed E-state index contributed by atoms with van der Waals surface area (Å²) < 4.78 is 5.12. The summed E-state index contributed by atoms with van der Waals surface area (Å²) in [5.41, 5.74) is 0.970. The zero-order valence-corrected chi connectivity index (χ0v) is 11.3. The number of rotatable bonds is 7. The topological polar surface area (TPSA) is 32.7 Å². The Bertz CT molecular complexity index is 359. The minimum Gasteiger partial charge on any atom is -0.497 e. The number of methoxy groups -OCH3 is 1. The van der Waals surface area contributed by atoms with Crippen molar-refractivity contribution in [1.29, 1.82) is 0 Å². The summed E-state index contributed by atoms with van der Waals surface area (Å²) in [5.74, 6) is 0.832. The summed E-state index contributed by atoms with van der Waals surface area (Å²) >= 11 is 0. The van der Waals surface area contributed by atoms with Crippen LogP contribution in [0.5, 0.6) is 5.75 Å². The third kappa shape index (κ3) is 3.47. The lowest BCUT2D eigenvalue weighted by molar-refractivity contribution is 0.108. The molecule has 0 bridgehead atoms. The van der Waals surface area contributed by atoms with Crippen LogP contribution in [-0.4, -0.2) is 36.2 Å². The minimum absolute atomic E-state index is 0.400. The highest BCUT2D eigenvalue weighted by Crippen LogP contribution is 2.29. The van der Waals surface area contributed by atoms with E-state index in [1.54, 1.807) is 7.11 Å². The molecule has 0 amide bonds. The standard InChI is InChI=1S/C15H23NO2/c1-3-10-16(13-6-7-13)11-15(17)12-4-8-14(18-2)9-5-12/h4-5,8-9,13,15,17H,3,6-7,10-11H2,1-2H3. The van der Waals surface area contributed by atoms with Crippen molar-refractivity contribution in [3.63, 3.8) is 0 Å². The van der Waals surface area contributed by atoms with Crippen LogP contribution in [-0.2, 0) is 0 Å². The number of hydrogen-bond acceptors (Lipinski definition) is 3. The fourth-order valence-electron chi connectivity index (χ4n) is 2.30. The summed E-state index contributed by atoms with van der Waals surface area (Å²) in [6.45, 7) is 4.01. The molecule has 1 aromatic carbocycles. The van der Waals surface area contributed by atoms with E-state index in [1.807, 2.05) is 24.3 Å². The van der Waals surface area contributed by atoms with Crippen molar-refractivity contribution < 1.29 is 9.84 Å². The number of aliphatic hydroxyl groups excluding tert-OH is 1. The molecule has 18 heavy (non-hydrogen) atoms. The molecule has 2 rings (SSSR count). The van der Waals surface area contributed by atoms with Crippen molar-refractivity contribution in [1.82, 2.24) is 4.90 Å². The van der Waals surface area contributed by atoms with E-state index >= 15 is 0 Å². The molecule has 0 saturated heterocycles. The quantitative estimate of drug-likeness (QED) is 0.806. The van der Waals surface area contributed by atoms with Gasteiger partial charge < -0.3 is 9.84 Å². The van der Waals surface area contributed by atoms with Crippen LogP contribution in [0.25, 0.3) is 0 Å². The zero-order chi connectivity index (χ0) is 13.0. The highest BCUT2D eigenvalue weighted by atomic mass is 16.5. The van der Waals surface area contributed by atoms with Gasteiger partial charge in [-0.25, -0.2) is 0 Å². The molecule has 100 valence electrons. The molecule has 1 saturated carbocycles. The molecule has 1 fully saturated rings. The van der Waals surface area contributed by atoms with E-state index in [1.165, 1.54) is 12.8 Å². The van der Waals surface area contributed by atoms with E-state index in [0.29, 0.717) is 6.04 Å². The van der Waals surface area contributed by atoms with Crippen molar-refractivity contribution in [3.05, 3.63) is 29.8 Å². The maximum atomic E-state index is 10.3. The monoisotopic (exact) mass is 249 g/mol. The van der Waals surface area contributed by atoms with Gasteiger partial charge in [0.1, 0.15) is 5.75 Å². The summed E-state index contributed by atoms with van der Waals surface area (Å²) in [6, 6.07) is 8.40. The first-order valence-electron chi connectivity index (χ1n) is 6.80. The van der Waals surface area contributed by atoms with Crippen LogP contribution in [0.4, 0.5) is 0 Å². The normalized spacial score (nSPS) is 16.9. The number of nitrogens with zero attached hydrogens (tertiary/aromatic N) is 1. The van der Waals surface area contributed by atoms with Gasteiger partial charge in [-0.05, 0) is 43.5 Å². The van der Waals surface area contributed by atoms with Gasteiger partial charge in [-0.15, -0.1) is 0 Å². The smallest absolute Gasteiger partial charge is 0.118 e. The Morgan fingerprint density at radius 3 is 2.50 bits per heavy atom. The molecule has 0 aliphatic heterocycles. The van der Waals surface area contributed by atoms with E-state index < -0.39 is 6.10 Å².